The van der Waals surface area contributed by atoms with Gasteiger partial charge >= 0.3 is 5.92 Å². The minimum atomic E-state index is -3.94. The zero-order valence-electron chi connectivity index (χ0n) is 18.7. The average molecular weight is 570 g/mol. The second kappa shape index (κ2) is 10.1. The molecule has 0 aliphatic carbocycles. The van der Waals surface area contributed by atoms with Gasteiger partial charge in [-0.2, -0.15) is 13.9 Å². The van der Waals surface area contributed by atoms with Crippen molar-refractivity contribution in [1.82, 2.24) is 20.1 Å². The molecule has 0 aliphatic rings. The van der Waals surface area contributed by atoms with Crippen LogP contribution in [0.5, 0.6) is 0 Å². The van der Waals surface area contributed by atoms with Gasteiger partial charge in [-0.15, -0.1) is 0 Å². The summed E-state index contributed by atoms with van der Waals surface area (Å²) in [4.78, 5) is 41.4. The van der Waals surface area contributed by atoms with Gasteiger partial charge in [-0.1, -0.05) is 11.6 Å². The number of anilines is 1. The van der Waals surface area contributed by atoms with Crippen LogP contribution in [-0.4, -0.2) is 38.5 Å². The van der Waals surface area contributed by atoms with Gasteiger partial charge in [0, 0.05) is 23.9 Å². The SMILES string of the molecule is Cc1cc(C(F)(F)C(=O)NC(C)C)cc(C(N)=O)c1NC(=O)c1cc(Br)nn1-c1ncccc1Cl. The molecule has 184 valence electrons. The molecule has 2 aromatic heterocycles. The fourth-order valence-electron chi connectivity index (χ4n) is 3.20. The third-order valence-electron chi connectivity index (χ3n) is 4.76. The lowest BCUT2D eigenvalue weighted by Crippen LogP contribution is -2.41. The number of aromatic nitrogens is 3. The summed E-state index contributed by atoms with van der Waals surface area (Å²) >= 11 is 9.37. The molecule has 2 heterocycles. The number of carbonyl (C=O) groups excluding carboxylic acids is 3. The van der Waals surface area contributed by atoms with Gasteiger partial charge in [0.15, 0.2) is 5.82 Å². The van der Waals surface area contributed by atoms with Crippen LogP contribution in [0.2, 0.25) is 5.02 Å². The number of hydrogen-bond acceptors (Lipinski definition) is 5. The second-order valence-corrected chi connectivity index (χ2v) is 9.03. The number of halogens is 4. The molecule has 35 heavy (non-hydrogen) atoms. The molecule has 0 saturated carbocycles. The molecule has 0 atom stereocenters. The summed E-state index contributed by atoms with van der Waals surface area (Å²) in [6, 6.07) is 5.81. The summed E-state index contributed by atoms with van der Waals surface area (Å²) in [6.45, 7) is 4.46. The number of primary amides is 1. The van der Waals surface area contributed by atoms with Crippen molar-refractivity contribution in [3.63, 3.8) is 0 Å². The minimum Gasteiger partial charge on any atom is -0.366 e. The molecule has 3 rings (SSSR count). The van der Waals surface area contributed by atoms with E-state index in [4.69, 9.17) is 17.3 Å². The summed E-state index contributed by atoms with van der Waals surface area (Å²) in [7, 11) is 0. The molecular formula is C22H20BrClF2N6O3. The van der Waals surface area contributed by atoms with Crippen LogP contribution < -0.4 is 16.4 Å². The summed E-state index contributed by atoms with van der Waals surface area (Å²) in [5.41, 5.74) is 4.26. The van der Waals surface area contributed by atoms with Crippen molar-refractivity contribution in [2.75, 3.05) is 5.32 Å². The van der Waals surface area contributed by atoms with Gasteiger partial charge in [-0.25, -0.2) is 9.67 Å². The Kier molecular flexibility index (Phi) is 7.56. The van der Waals surface area contributed by atoms with Gasteiger partial charge in [0.05, 0.1) is 16.3 Å². The number of carbonyl (C=O) groups is 3. The van der Waals surface area contributed by atoms with E-state index in [0.717, 1.165) is 12.1 Å². The third-order valence-corrected chi connectivity index (χ3v) is 5.44. The first kappa shape index (κ1) is 26.2. The Morgan fingerprint density at radius 3 is 2.51 bits per heavy atom. The first-order valence-electron chi connectivity index (χ1n) is 10.1. The highest BCUT2D eigenvalue weighted by molar-refractivity contribution is 9.10. The molecule has 4 N–H and O–H groups in total. The van der Waals surface area contributed by atoms with Gasteiger partial charge in [0.1, 0.15) is 10.3 Å². The lowest BCUT2D eigenvalue weighted by molar-refractivity contribution is -0.147. The number of aryl methyl sites for hydroxylation is 1. The van der Waals surface area contributed by atoms with Crippen molar-refractivity contribution in [3.8, 4) is 5.82 Å². The molecule has 9 nitrogen and oxygen atoms in total. The zero-order valence-corrected chi connectivity index (χ0v) is 21.0. The van der Waals surface area contributed by atoms with E-state index in [1.54, 1.807) is 12.1 Å². The normalized spacial score (nSPS) is 11.4. The molecule has 0 saturated heterocycles. The maximum atomic E-state index is 14.8. The van der Waals surface area contributed by atoms with Gasteiger partial charge < -0.3 is 16.4 Å². The van der Waals surface area contributed by atoms with Crippen LogP contribution in [-0.2, 0) is 10.7 Å². The molecule has 0 spiro atoms. The summed E-state index contributed by atoms with van der Waals surface area (Å²) < 4.78 is 31.0. The van der Waals surface area contributed by atoms with Crippen LogP contribution in [0.1, 0.15) is 45.8 Å². The highest BCUT2D eigenvalue weighted by atomic mass is 79.9. The number of benzene rings is 1. The molecule has 3 amide bonds. The van der Waals surface area contributed by atoms with Crippen LogP contribution >= 0.6 is 27.5 Å². The van der Waals surface area contributed by atoms with Crippen molar-refractivity contribution in [1.29, 1.82) is 0 Å². The largest absolute Gasteiger partial charge is 0.366 e. The summed E-state index contributed by atoms with van der Waals surface area (Å²) in [5.74, 6) is -7.12. The Bertz CT molecular complexity index is 1330. The number of nitrogens with zero attached hydrogens (tertiary/aromatic N) is 3. The lowest BCUT2D eigenvalue weighted by atomic mass is 9.98. The van der Waals surface area contributed by atoms with E-state index in [0.29, 0.717) is 4.60 Å². The van der Waals surface area contributed by atoms with Crippen molar-refractivity contribution >= 4 is 50.9 Å². The monoisotopic (exact) mass is 568 g/mol. The smallest absolute Gasteiger partial charge is 0.349 e. The number of nitrogens with one attached hydrogen (secondary N) is 2. The Hall–Kier alpha value is -3.38. The number of nitrogens with two attached hydrogens (primary N) is 1. The lowest BCUT2D eigenvalue weighted by Gasteiger charge is -2.21. The first-order valence-corrected chi connectivity index (χ1v) is 11.3. The molecule has 0 fully saturated rings. The molecule has 1 aromatic carbocycles. The minimum absolute atomic E-state index is 0.0157. The quantitative estimate of drug-likeness (QED) is 0.396. The van der Waals surface area contributed by atoms with Gasteiger partial charge in [-0.05, 0) is 66.5 Å². The van der Waals surface area contributed by atoms with Crippen LogP contribution in [0.4, 0.5) is 14.5 Å². The fourth-order valence-corrected chi connectivity index (χ4v) is 3.78. The second-order valence-electron chi connectivity index (χ2n) is 7.81. The van der Waals surface area contributed by atoms with Gasteiger partial charge in [0.25, 0.3) is 17.7 Å². The predicted octanol–water partition coefficient (Wildman–Crippen LogP) is 3.96. The van der Waals surface area contributed by atoms with Crippen molar-refractivity contribution < 1.29 is 23.2 Å². The topological polar surface area (TPSA) is 132 Å². The van der Waals surface area contributed by atoms with Crippen molar-refractivity contribution in [3.05, 3.63) is 68.5 Å². The maximum Gasteiger partial charge on any atom is 0.349 e. The maximum absolute atomic E-state index is 14.8. The van der Waals surface area contributed by atoms with E-state index in [1.807, 2.05) is 0 Å². The highest BCUT2D eigenvalue weighted by Crippen LogP contribution is 2.34. The third kappa shape index (κ3) is 5.49. The molecular weight excluding hydrogens is 550 g/mol. The first-order chi connectivity index (χ1) is 16.3. The number of alkyl halides is 2. The predicted molar refractivity (Wildman–Crippen MR) is 129 cm³/mol. The van der Waals surface area contributed by atoms with E-state index in [9.17, 15) is 23.2 Å². The molecule has 3 aromatic rings. The highest BCUT2D eigenvalue weighted by Gasteiger charge is 2.42. The molecule has 0 aliphatic heterocycles. The number of amides is 3. The summed E-state index contributed by atoms with van der Waals surface area (Å²) in [6.07, 6.45) is 1.46. The Morgan fingerprint density at radius 2 is 1.91 bits per heavy atom. The molecule has 13 heteroatoms. The zero-order chi connectivity index (χ0) is 26.1. The van der Waals surface area contributed by atoms with E-state index in [-0.39, 0.29) is 27.8 Å². The van der Waals surface area contributed by atoms with Crippen molar-refractivity contribution in [2.45, 2.75) is 32.7 Å². The molecule has 0 bridgehead atoms. The van der Waals surface area contributed by atoms with Crippen LogP contribution in [0, 0.1) is 6.92 Å². The van der Waals surface area contributed by atoms with Crippen LogP contribution in [0.15, 0.2) is 41.1 Å². The van der Waals surface area contributed by atoms with E-state index < -0.39 is 40.8 Å². The number of pyridine rings is 1. The fraction of sp³-hybridized carbons (Fsp3) is 0.227. The van der Waals surface area contributed by atoms with E-state index in [1.165, 1.54) is 37.7 Å². The van der Waals surface area contributed by atoms with Gasteiger partial charge in [-0.3, -0.25) is 14.4 Å². The Morgan fingerprint density at radius 1 is 1.23 bits per heavy atom. The van der Waals surface area contributed by atoms with Crippen LogP contribution in [0.25, 0.3) is 5.82 Å². The van der Waals surface area contributed by atoms with E-state index >= 15 is 0 Å². The van der Waals surface area contributed by atoms with E-state index in [2.05, 4.69) is 36.6 Å². The molecule has 0 radical (unpaired) electrons. The Labute approximate surface area is 212 Å². The number of rotatable bonds is 7. The van der Waals surface area contributed by atoms with Crippen LogP contribution in [0.3, 0.4) is 0 Å². The molecule has 0 unspecified atom stereocenters. The van der Waals surface area contributed by atoms with Crippen molar-refractivity contribution in [2.24, 2.45) is 5.73 Å². The van der Waals surface area contributed by atoms with Gasteiger partial charge in [0.2, 0.25) is 0 Å². The Balaban J connectivity index is 2.03. The average Bonchev–Trinajstić information content (AvgIpc) is 3.15. The summed E-state index contributed by atoms with van der Waals surface area (Å²) in [5, 5.41) is 9.05. The standard InChI is InChI=1S/C22H20BrClF2N6O3/c1-10(2)29-21(35)22(25,26)12-7-11(3)17(13(8-12)18(27)33)30-20(34)15-9-16(23)31-32(15)19-14(24)5-4-6-28-19/h4-10H,1-3H3,(H2,27,33)(H,29,35)(H,30,34). The number of hydrogen-bond donors (Lipinski definition) is 3.